The largest absolute Gasteiger partial charge is 0.452 e. The van der Waals surface area contributed by atoms with Crippen LogP contribution < -0.4 is 5.32 Å². The summed E-state index contributed by atoms with van der Waals surface area (Å²) in [6.07, 6.45) is 1.57. The van der Waals surface area contributed by atoms with Crippen LogP contribution in [0.2, 0.25) is 5.02 Å². The van der Waals surface area contributed by atoms with Crippen molar-refractivity contribution in [1.82, 2.24) is 4.31 Å². The zero-order valence-electron chi connectivity index (χ0n) is 15.9. The van der Waals surface area contributed by atoms with Crippen molar-refractivity contribution in [2.45, 2.75) is 24.7 Å². The van der Waals surface area contributed by atoms with Crippen molar-refractivity contribution in [2.24, 2.45) is 0 Å². The predicted molar refractivity (Wildman–Crippen MR) is 110 cm³/mol. The normalized spacial score (nSPS) is 14.6. The molecule has 0 saturated carbocycles. The SMILES string of the molecule is Cc1ccccc1NC(=O)COC(=O)c1ccc(Cl)c(S(=O)(=O)N2CCCC2)c1. The van der Waals surface area contributed by atoms with Crippen molar-refractivity contribution >= 4 is 39.2 Å². The van der Waals surface area contributed by atoms with Gasteiger partial charge in [0.05, 0.1) is 10.6 Å². The van der Waals surface area contributed by atoms with E-state index in [4.69, 9.17) is 16.3 Å². The molecule has 154 valence electrons. The van der Waals surface area contributed by atoms with Gasteiger partial charge in [-0.1, -0.05) is 29.8 Å². The number of para-hydroxylation sites is 1. The van der Waals surface area contributed by atoms with Gasteiger partial charge < -0.3 is 10.1 Å². The van der Waals surface area contributed by atoms with E-state index in [0.29, 0.717) is 18.8 Å². The average molecular weight is 437 g/mol. The van der Waals surface area contributed by atoms with E-state index in [2.05, 4.69) is 5.32 Å². The fourth-order valence-electron chi connectivity index (χ4n) is 3.01. The molecule has 1 aliphatic rings. The lowest BCUT2D eigenvalue weighted by molar-refractivity contribution is -0.119. The highest BCUT2D eigenvalue weighted by molar-refractivity contribution is 7.89. The highest BCUT2D eigenvalue weighted by atomic mass is 35.5. The molecule has 0 unspecified atom stereocenters. The number of nitrogens with zero attached hydrogens (tertiary/aromatic N) is 1. The molecule has 0 spiro atoms. The number of halogens is 1. The molecule has 0 aromatic heterocycles. The molecule has 1 heterocycles. The van der Waals surface area contributed by atoms with Gasteiger partial charge in [0.1, 0.15) is 4.90 Å². The third-order valence-electron chi connectivity index (χ3n) is 4.60. The van der Waals surface area contributed by atoms with Gasteiger partial charge in [-0.25, -0.2) is 13.2 Å². The summed E-state index contributed by atoms with van der Waals surface area (Å²) in [5, 5.41) is 2.69. The van der Waals surface area contributed by atoms with Gasteiger partial charge in [0.2, 0.25) is 10.0 Å². The summed E-state index contributed by atoms with van der Waals surface area (Å²) in [6, 6.07) is 11.1. The molecule has 0 atom stereocenters. The minimum Gasteiger partial charge on any atom is -0.452 e. The first-order valence-electron chi connectivity index (χ1n) is 9.11. The number of amides is 1. The smallest absolute Gasteiger partial charge is 0.338 e. The van der Waals surface area contributed by atoms with Crippen LogP contribution in [-0.2, 0) is 19.6 Å². The number of carbonyl (C=O) groups excluding carboxylic acids is 2. The Labute approximate surface area is 174 Å². The van der Waals surface area contributed by atoms with Crippen LogP contribution in [0, 0.1) is 6.92 Å². The predicted octanol–water partition coefficient (Wildman–Crippen LogP) is 3.23. The lowest BCUT2D eigenvalue weighted by Crippen LogP contribution is -2.28. The summed E-state index contributed by atoms with van der Waals surface area (Å²) >= 11 is 6.07. The van der Waals surface area contributed by atoms with Gasteiger partial charge in [-0.2, -0.15) is 4.31 Å². The lowest BCUT2D eigenvalue weighted by atomic mass is 10.2. The number of nitrogens with one attached hydrogen (secondary N) is 1. The number of sulfonamides is 1. The second-order valence-corrected chi connectivity index (χ2v) is 9.01. The van der Waals surface area contributed by atoms with E-state index in [1.165, 1.54) is 22.5 Å². The molecule has 0 aliphatic carbocycles. The summed E-state index contributed by atoms with van der Waals surface area (Å²) in [5.41, 5.74) is 1.51. The number of benzene rings is 2. The molecule has 2 aromatic rings. The van der Waals surface area contributed by atoms with Crippen molar-refractivity contribution < 1.29 is 22.7 Å². The molecule has 1 aliphatic heterocycles. The molecule has 1 saturated heterocycles. The van der Waals surface area contributed by atoms with E-state index in [-0.39, 0.29) is 15.5 Å². The Balaban J connectivity index is 1.68. The number of aryl methyl sites for hydroxylation is 1. The standard InChI is InChI=1S/C20H21ClN2O5S/c1-14-6-2-3-7-17(14)22-19(24)13-28-20(25)15-8-9-16(21)18(12-15)29(26,27)23-10-4-5-11-23/h2-3,6-9,12H,4-5,10-11,13H2,1H3,(H,22,24). The monoisotopic (exact) mass is 436 g/mol. The summed E-state index contributed by atoms with van der Waals surface area (Å²) in [7, 11) is -3.79. The third-order valence-corrected chi connectivity index (χ3v) is 6.98. The quantitative estimate of drug-likeness (QED) is 0.702. The van der Waals surface area contributed by atoms with E-state index in [1.54, 1.807) is 12.1 Å². The fourth-order valence-corrected chi connectivity index (χ4v) is 5.03. The van der Waals surface area contributed by atoms with Crippen LogP contribution in [0.25, 0.3) is 0 Å². The molecular formula is C20H21ClN2O5S. The second-order valence-electron chi connectivity index (χ2n) is 6.70. The highest BCUT2D eigenvalue weighted by Crippen LogP contribution is 2.28. The molecule has 0 bridgehead atoms. The van der Waals surface area contributed by atoms with Crippen molar-refractivity contribution in [1.29, 1.82) is 0 Å². The first-order chi connectivity index (χ1) is 13.8. The number of hydrogen-bond acceptors (Lipinski definition) is 5. The Kier molecular flexibility index (Phi) is 6.56. The van der Waals surface area contributed by atoms with Crippen molar-refractivity contribution in [2.75, 3.05) is 25.0 Å². The third kappa shape index (κ3) is 4.95. The van der Waals surface area contributed by atoms with E-state index in [1.807, 2.05) is 19.1 Å². The lowest BCUT2D eigenvalue weighted by Gasteiger charge is -2.17. The average Bonchev–Trinajstić information content (AvgIpc) is 3.24. The van der Waals surface area contributed by atoms with E-state index < -0.39 is 28.5 Å². The van der Waals surface area contributed by atoms with Gasteiger partial charge in [-0.15, -0.1) is 0 Å². The molecule has 1 amide bonds. The van der Waals surface area contributed by atoms with E-state index in [9.17, 15) is 18.0 Å². The summed E-state index contributed by atoms with van der Waals surface area (Å²) < 4.78 is 31.9. The van der Waals surface area contributed by atoms with Crippen LogP contribution >= 0.6 is 11.6 Å². The second kappa shape index (κ2) is 8.94. The maximum atomic E-state index is 12.8. The Morgan fingerprint density at radius 2 is 1.83 bits per heavy atom. The number of ether oxygens (including phenoxy) is 1. The molecular weight excluding hydrogens is 416 g/mol. The molecule has 1 fully saturated rings. The molecule has 1 N–H and O–H groups in total. The number of esters is 1. The molecule has 2 aromatic carbocycles. The van der Waals surface area contributed by atoms with Gasteiger partial charge in [0.25, 0.3) is 5.91 Å². The van der Waals surface area contributed by atoms with Crippen LogP contribution in [0.4, 0.5) is 5.69 Å². The summed E-state index contributed by atoms with van der Waals surface area (Å²) in [5.74, 6) is -1.30. The van der Waals surface area contributed by atoms with Crippen LogP contribution in [-0.4, -0.2) is 44.3 Å². The van der Waals surface area contributed by atoms with Crippen LogP contribution in [0.15, 0.2) is 47.4 Å². The minimum atomic E-state index is -3.79. The first kappa shape index (κ1) is 21.3. The van der Waals surface area contributed by atoms with Gasteiger partial charge in [-0.3, -0.25) is 4.79 Å². The molecule has 29 heavy (non-hydrogen) atoms. The summed E-state index contributed by atoms with van der Waals surface area (Å²) in [6.45, 7) is 2.19. The zero-order valence-corrected chi connectivity index (χ0v) is 17.4. The Bertz CT molecular complexity index is 1030. The minimum absolute atomic E-state index is 0.0101. The Morgan fingerprint density at radius 3 is 2.52 bits per heavy atom. The fraction of sp³-hybridized carbons (Fsp3) is 0.300. The van der Waals surface area contributed by atoms with Crippen LogP contribution in [0.5, 0.6) is 0 Å². The Hall–Kier alpha value is -2.42. The zero-order chi connectivity index (χ0) is 21.0. The first-order valence-corrected chi connectivity index (χ1v) is 10.9. The van der Waals surface area contributed by atoms with E-state index in [0.717, 1.165) is 18.4 Å². The van der Waals surface area contributed by atoms with Gasteiger partial charge in [0.15, 0.2) is 6.61 Å². The number of rotatable bonds is 6. The van der Waals surface area contributed by atoms with Crippen molar-refractivity contribution in [3.63, 3.8) is 0 Å². The maximum Gasteiger partial charge on any atom is 0.338 e. The number of anilines is 1. The maximum absolute atomic E-state index is 12.8. The highest BCUT2D eigenvalue weighted by Gasteiger charge is 2.30. The van der Waals surface area contributed by atoms with Crippen LogP contribution in [0.1, 0.15) is 28.8 Å². The Morgan fingerprint density at radius 1 is 1.14 bits per heavy atom. The van der Waals surface area contributed by atoms with E-state index >= 15 is 0 Å². The van der Waals surface area contributed by atoms with Crippen molar-refractivity contribution in [3.8, 4) is 0 Å². The molecule has 7 nitrogen and oxygen atoms in total. The van der Waals surface area contributed by atoms with Crippen molar-refractivity contribution in [3.05, 3.63) is 58.6 Å². The van der Waals surface area contributed by atoms with Gasteiger partial charge >= 0.3 is 5.97 Å². The molecule has 3 rings (SSSR count). The topological polar surface area (TPSA) is 92.8 Å². The van der Waals surface area contributed by atoms with Gasteiger partial charge in [0, 0.05) is 18.8 Å². The molecule has 9 heteroatoms. The molecule has 0 radical (unpaired) electrons. The summed E-state index contributed by atoms with van der Waals surface area (Å²) in [4.78, 5) is 24.2. The number of hydrogen-bond donors (Lipinski definition) is 1. The van der Waals surface area contributed by atoms with Gasteiger partial charge in [-0.05, 0) is 49.6 Å². The number of carbonyl (C=O) groups is 2. The van der Waals surface area contributed by atoms with Crippen LogP contribution in [0.3, 0.4) is 0 Å².